The lowest BCUT2D eigenvalue weighted by molar-refractivity contribution is -0.140. The van der Waals surface area contributed by atoms with Crippen molar-refractivity contribution >= 4 is 23.5 Å². The number of Topliss-reactive ketones (excluding diaryl/α,β-unsaturated/α-hetero) is 1. The van der Waals surface area contributed by atoms with Gasteiger partial charge >= 0.3 is 5.97 Å². The summed E-state index contributed by atoms with van der Waals surface area (Å²) in [7, 11) is 0. The van der Waals surface area contributed by atoms with E-state index >= 15 is 0 Å². The lowest BCUT2D eigenvalue weighted by Crippen LogP contribution is -2.20. The van der Waals surface area contributed by atoms with Gasteiger partial charge in [-0.1, -0.05) is 36.8 Å². The molecule has 4 heteroatoms. The zero-order valence-electron chi connectivity index (χ0n) is 11.4. The minimum absolute atomic E-state index is 0.0785. The molecule has 0 amide bonds. The van der Waals surface area contributed by atoms with Crippen LogP contribution in [0.2, 0.25) is 0 Å². The van der Waals surface area contributed by atoms with Crippen molar-refractivity contribution < 1.29 is 14.7 Å². The second kappa shape index (κ2) is 8.00. The number of ketones is 1. The fourth-order valence-electron chi connectivity index (χ4n) is 1.67. The highest BCUT2D eigenvalue weighted by Crippen LogP contribution is 2.17. The predicted octanol–water partition coefficient (Wildman–Crippen LogP) is 3.41. The van der Waals surface area contributed by atoms with E-state index in [1.165, 1.54) is 0 Å². The van der Waals surface area contributed by atoms with E-state index < -0.39 is 11.9 Å². The van der Waals surface area contributed by atoms with Crippen LogP contribution in [0.4, 0.5) is 0 Å². The topological polar surface area (TPSA) is 54.4 Å². The molecule has 0 aliphatic heterocycles. The summed E-state index contributed by atoms with van der Waals surface area (Å²) in [5, 5.41) is 9.15. The molecular weight excluding hydrogens is 260 g/mol. The summed E-state index contributed by atoms with van der Waals surface area (Å²) in [6, 6.07) is 7.26. The summed E-state index contributed by atoms with van der Waals surface area (Å²) in [6.07, 6.45) is 1.10. The van der Waals surface area contributed by atoms with Crippen molar-refractivity contribution in [1.82, 2.24) is 0 Å². The molecule has 0 spiro atoms. The molecule has 1 aromatic carbocycles. The molecule has 0 fully saturated rings. The molecular formula is C15H20O3S. The molecule has 0 aromatic heterocycles. The maximum Gasteiger partial charge on any atom is 0.307 e. The molecule has 1 N–H and O–H groups in total. The van der Waals surface area contributed by atoms with Gasteiger partial charge in [0.15, 0.2) is 5.78 Å². The number of hydrogen-bond donors (Lipinski definition) is 1. The quantitative estimate of drug-likeness (QED) is 0.585. The van der Waals surface area contributed by atoms with Gasteiger partial charge in [-0.15, -0.1) is 0 Å². The third-order valence-electron chi connectivity index (χ3n) is 2.82. The smallest absolute Gasteiger partial charge is 0.307 e. The number of rotatable bonds is 8. The number of carboxylic acid groups (broad SMARTS) is 1. The molecule has 0 aliphatic rings. The highest BCUT2D eigenvalue weighted by Gasteiger charge is 2.21. The first-order valence-electron chi connectivity index (χ1n) is 6.45. The maximum atomic E-state index is 12.0. The molecule has 1 aromatic rings. The summed E-state index contributed by atoms with van der Waals surface area (Å²) in [6.45, 7) is 4.01. The lowest BCUT2D eigenvalue weighted by atomic mass is 9.99. The van der Waals surface area contributed by atoms with E-state index in [4.69, 9.17) is 5.11 Å². The van der Waals surface area contributed by atoms with E-state index in [2.05, 4.69) is 6.92 Å². The average Bonchev–Trinajstić information content (AvgIpc) is 2.38. The summed E-state index contributed by atoms with van der Waals surface area (Å²) in [5.41, 5.74) is 1.68. The average molecular weight is 280 g/mol. The van der Waals surface area contributed by atoms with Gasteiger partial charge in [-0.25, -0.2) is 0 Å². The van der Waals surface area contributed by atoms with Gasteiger partial charge in [-0.2, -0.15) is 11.8 Å². The molecule has 19 heavy (non-hydrogen) atoms. The van der Waals surface area contributed by atoms with Crippen LogP contribution >= 0.6 is 11.8 Å². The molecule has 0 aliphatic carbocycles. The Balaban J connectivity index is 2.60. The standard InChI is InChI=1S/C15H20O3S/c1-3-8-19-10-13(15(17)18)9-14(16)12-6-4-11(2)5-7-12/h4-7,13H,3,8-10H2,1-2H3,(H,17,18). The molecule has 0 saturated heterocycles. The Morgan fingerprint density at radius 3 is 2.42 bits per heavy atom. The number of hydrogen-bond acceptors (Lipinski definition) is 3. The van der Waals surface area contributed by atoms with Gasteiger partial charge in [0.2, 0.25) is 0 Å². The van der Waals surface area contributed by atoms with E-state index in [9.17, 15) is 9.59 Å². The largest absolute Gasteiger partial charge is 0.481 e. The van der Waals surface area contributed by atoms with Gasteiger partial charge in [0.25, 0.3) is 0 Å². The highest BCUT2D eigenvalue weighted by molar-refractivity contribution is 7.99. The van der Waals surface area contributed by atoms with Gasteiger partial charge in [0.05, 0.1) is 5.92 Å². The highest BCUT2D eigenvalue weighted by atomic mass is 32.2. The SMILES string of the molecule is CCCSCC(CC(=O)c1ccc(C)cc1)C(=O)O. The van der Waals surface area contributed by atoms with Crippen LogP contribution in [-0.4, -0.2) is 28.4 Å². The van der Waals surface area contributed by atoms with Crippen molar-refractivity contribution in [3.63, 3.8) is 0 Å². The van der Waals surface area contributed by atoms with Gasteiger partial charge in [-0.3, -0.25) is 9.59 Å². The van der Waals surface area contributed by atoms with Crippen LogP contribution in [0.25, 0.3) is 0 Å². The Hall–Kier alpha value is -1.29. The first kappa shape index (κ1) is 15.8. The number of carbonyl (C=O) groups excluding carboxylic acids is 1. The molecule has 0 saturated carbocycles. The Labute approximate surface area is 118 Å². The van der Waals surface area contributed by atoms with Crippen molar-refractivity contribution in [2.45, 2.75) is 26.7 Å². The molecule has 0 heterocycles. The fraction of sp³-hybridized carbons (Fsp3) is 0.467. The van der Waals surface area contributed by atoms with E-state index in [1.807, 2.05) is 19.1 Å². The van der Waals surface area contributed by atoms with Crippen LogP contribution < -0.4 is 0 Å². The molecule has 1 atom stereocenters. The minimum Gasteiger partial charge on any atom is -0.481 e. The molecule has 104 valence electrons. The van der Waals surface area contributed by atoms with E-state index in [0.29, 0.717) is 11.3 Å². The van der Waals surface area contributed by atoms with Crippen LogP contribution in [-0.2, 0) is 4.79 Å². The normalized spacial score (nSPS) is 12.1. The third-order valence-corrected chi connectivity index (χ3v) is 4.16. The Kier molecular flexibility index (Phi) is 6.64. The molecule has 1 rings (SSSR count). The van der Waals surface area contributed by atoms with E-state index in [-0.39, 0.29) is 12.2 Å². The zero-order valence-corrected chi connectivity index (χ0v) is 12.2. The molecule has 0 radical (unpaired) electrons. The first-order chi connectivity index (χ1) is 9.04. The fourth-order valence-corrected chi connectivity index (χ4v) is 2.67. The van der Waals surface area contributed by atoms with Crippen LogP contribution in [0, 0.1) is 12.8 Å². The minimum atomic E-state index is -0.885. The summed E-state index contributed by atoms with van der Waals surface area (Å²) in [5.74, 6) is -0.137. The van der Waals surface area contributed by atoms with Crippen LogP contribution in [0.3, 0.4) is 0 Å². The van der Waals surface area contributed by atoms with Crippen molar-refractivity contribution in [1.29, 1.82) is 0 Å². The van der Waals surface area contributed by atoms with E-state index in [1.54, 1.807) is 23.9 Å². The Bertz CT molecular complexity index is 426. The second-order valence-electron chi connectivity index (χ2n) is 4.60. The van der Waals surface area contributed by atoms with Gasteiger partial charge in [0.1, 0.15) is 0 Å². The Morgan fingerprint density at radius 1 is 1.26 bits per heavy atom. The van der Waals surface area contributed by atoms with Crippen LogP contribution in [0.1, 0.15) is 35.7 Å². The molecule has 1 unspecified atom stereocenters. The number of aryl methyl sites for hydroxylation is 1. The zero-order chi connectivity index (χ0) is 14.3. The molecule has 3 nitrogen and oxygen atoms in total. The monoisotopic (exact) mass is 280 g/mol. The summed E-state index contributed by atoms with van der Waals surface area (Å²) in [4.78, 5) is 23.2. The van der Waals surface area contributed by atoms with Gasteiger partial charge < -0.3 is 5.11 Å². The number of thioether (sulfide) groups is 1. The first-order valence-corrected chi connectivity index (χ1v) is 7.60. The maximum absolute atomic E-state index is 12.0. The lowest BCUT2D eigenvalue weighted by Gasteiger charge is -2.11. The van der Waals surface area contributed by atoms with Crippen LogP contribution in [0.5, 0.6) is 0 Å². The number of carboxylic acids is 1. The molecule has 0 bridgehead atoms. The van der Waals surface area contributed by atoms with Crippen molar-refractivity contribution in [3.8, 4) is 0 Å². The summed E-state index contributed by atoms with van der Waals surface area (Å²) >= 11 is 1.60. The number of aliphatic carboxylic acids is 1. The second-order valence-corrected chi connectivity index (χ2v) is 5.75. The van der Waals surface area contributed by atoms with Crippen LogP contribution in [0.15, 0.2) is 24.3 Å². The number of carbonyl (C=O) groups is 2. The van der Waals surface area contributed by atoms with Gasteiger partial charge in [-0.05, 0) is 19.1 Å². The predicted molar refractivity (Wildman–Crippen MR) is 78.9 cm³/mol. The van der Waals surface area contributed by atoms with Crippen molar-refractivity contribution in [3.05, 3.63) is 35.4 Å². The van der Waals surface area contributed by atoms with Crippen molar-refractivity contribution in [2.24, 2.45) is 5.92 Å². The van der Waals surface area contributed by atoms with E-state index in [0.717, 1.165) is 17.7 Å². The summed E-state index contributed by atoms with van der Waals surface area (Å²) < 4.78 is 0. The van der Waals surface area contributed by atoms with Crippen molar-refractivity contribution in [2.75, 3.05) is 11.5 Å². The Morgan fingerprint density at radius 2 is 1.89 bits per heavy atom. The third kappa shape index (κ3) is 5.47. The number of benzene rings is 1. The van der Waals surface area contributed by atoms with Gasteiger partial charge in [0, 0.05) is 17.7 Å².